The van der Waals surface area contributed by atoms with Crippen molar-refractivity contribution in [3.8, 4) is 0 Å². The number of aromatic nitrogens is 2. The Labute approximate surface area is 100 Å². The lowest BCUT2D eigenvalue weighted by Gasteiger charge is -1.98. The Morgan fingerprint density at radius 3 is 2.93 bits per heavy atom. The monoisotopic (exact) mass is 316 g/mol. The van der Waals surface area contributed by atoms with Crippen LogP contribution in [0, 0.1) is 3.70 Å². The molecule has 4 nitrogen and oxygen atoms in total. The molecule has 0 saturated heterocycles. The van der Waals surface area contributed by atoms with E-state index < -0.39 is 0 Å². The summed E-state index contributed by atoms with van der Waals surface area (Å²) in [4.78, 5) is 11.5. The van der Waals surface area contributed by atoms with Gasteiger partial charge in [0.25, 0.3) is 0 Å². The van der Waals surface area contributed by atoms with Gasteiger partial charge in [-0.05, 0) is 28.7 Å². The van der Waals surface area contributed by atoms with E-state index in [1.54, 1.807) is 10.7 Å². The van der Waals surface area contributed by atoms with E-state index in [-0.39, 0.29) is 5.97 Å². The zero-order valence-corrected chi connectivity index (χ0v) is 10.5. The average molecular weight is 316 g/mol. The van der Waals surface area contributed by atoms with Crippen molar-refractivity contribution < 1.29 is 9.53 Å². The fourth-order valence-electron chi connectivity index (χ4n) is 1.46. The van der Waals surface area contributed by atoms with E-state index in [1.165, 1.54) is 7.11 Å². The van der Waals surface area contributed by atoms with Crippen molar-refractivity contribution in [2.24, 2.45) is 7.05 Å². The third-order valence-electron chi connectivity index (χ3n) is 2.20. The van der Waals surface area contributed by atoms with E-state index in [4.69, 9.17) is 4.74 Å². The van der Waals surface area contributed by atoms with Crippen LogP contribution in [0.5, 0.6) is 0 Å². The van der Waals surface area contributed by atoms with Gasteiger partial charge in [0.05, 0.1) is 12.7 Å². The van der Waals surface area contributed by atoms with Gasteiger partial charge in [0.1, 0.15) is 9.22 Å². The predicted molar refractivity (Wildman–Crippen MR) is 64.8 cm³/mol. The summed E-state index contributed by atoms with van der Waals surface area (Å²) in [7, 11) is 3.22. The van der Waals surface area contributed by atoms with Crippen LogP contribution in [0.2, 0.25) is 0 Å². The molecule has 0 saturated carbocycles. The van der Waals surface area contributed by atoms with Crippen LogP contribution < -0.4 is 0 Å². The molecule has 1 aromatic carbocycles. The molecule has 0 atom stereocenters. The number of hydrogen-bond donors (Lipinski definition) is 0. The highest BCUT2D eigenvalue weighted by Gasteiger charge is 2.15. The van der Waals surface area contributed by atoms with E-state index in [9.17, 15) is 4.79 Å². The van der Waals surface area contributed by atoms with Crippen molar-refractivity contribution in [1.82, 2.24) is 9.78 Å². The first kappa shape index (κ1) is 10.4. The van der Waals surface area contributed by atoms with Gasteiger partial charge in [-0.2, -0.15) is 5.10 Å². The van der Waals surface area contributed by atoms with Gasteiger partial charge >= 0.3 is 5.97 Å². The number of carbonyl (C=O) groups is 1. The number of carbonyl (C=O) groups excluding carboxylic acids is 1. The van der Waals surface area contributed by atoms with Crippen LogP contribution in [-0.4, -0.2) is 22.9 Å². The number of benzene rings is 1. The largest absolute Gasteiger partial charge is 0.465 e. The van der Waals surface area contributed by atoms with Crippen LogP contribution in [-0.2, 0) is 11.8 Å². The SMILES string of the molecule is COC(=O)c1cccc2c(I)n(C)nc12. The molecule has 0 aliphatic carbocycles. The minimum Gasteiger partial charge on any atom is -0.465 e. The molecule has 2 rings (SSSR count). The maximum Gasteiger partial charge on any atom is 0.340 e. The van der Waals surface area contributed by atoms with Gasteiger partial charge in [-0.3, -0.25) is 4.68 Å². The molecular weight excluding hydrogens is 307 g/mol. The molecule has 0 aliphatic rings. The van der Waals surface area contributed by atoms with Crippen molar-refractivity contribution in [2.75, 3.05) is 7.11 Å². The second-order valence-electron chi connectivity index (χ2n) is 3.11. The zero-order valence-electron chi connectivity index (χ0n) is 8.32. The lowest BCUT2D eigenvalue weighted by Crippen LogP contribution is -2.02. The van der Waals surface area contributed by atoms with Crippen molar-refractivity contribution >= 4 is 39.5 Å². The van der Waals surface area contributed by atoms with Crippen molar-refractivity contribution in [2.45, 2.75) is 0 Å². The second-order valence-corrected chi connectivity index (χ2v) is 4.13. The van der Waals surface area contributed by atoms with Crippen molar-refractivity contribution in [3.05, 3.63) is 27.5 Å². The molecule has 0 fully saturated rings. The zero-order chi connectivity index (χ0) is 11.0. The van der Waals surface area contributed by atoms with Crippen LogP contribution in [0.15, 0.2) is 18.2 Å². The van der Waals surface area contributed by atoms with Gasteiger partial charge in [-0.15, -0.1) is 0 Å². The minimum absolute atomic E-state index is 0.352. The number of methoxy groups -OCH3 is 1. The Kier molecular flexibility index (Phi) is 2.64. The topological polar surface area (TPSA) is 44.1 Å². The Morgan fingerprint density at radius 1 is 1.53 bits per heavy atom. The van der Waals surface area contributed by atoms with Crippen molar-refractivity contribution in [3.63, 3.8) is 0 Å². The van der Waals surface area contributed by atoms with Crippen LogP contribution in [0.25, 0.3) is 10.9 Å². The molecule has 0 spiro atoms. The number of ether oxygens (including phenoxy) is 1. The Bertz CT molecular complexity index is 533. The molecule has 5 heteroatoms. The fraction of sp³-hybridized carbons (Fsp3) is 0.200. The molecule has 0 bridgehead atoms. The molecule has 2 aromatic rings. The van der Waals surface area contributed by atoms with Crippen LogP contribution in [0.1, 0.15) is 10.4 Å². The smallest absolute Gasteiger partial charge is 0.340 e. The lowest BCUT2D eigenvalue weighted by atomic mass is 10.1. The van der Waals surface area contributed by atoms with Crippen LogP contribution in [0.4, 0.5) is 0 Å². The van der Waals surface area contributed by atoms with Gasteiger partial charge in [0.2, 0.25) is 0 Å². The molecule has 0 N–H and O–H groups in total. The van der Waals surface area contributed by atoms with E-state index in [2.05, 4.69) is 27.7 Å². The van der Waals surface area contributed by atoms with Crippen LogP contribution >= 0.6 is 22.6 Å². The maximum atomic E-state index is 11.5. The summed E-state index contributed by atoms with van der Waals surface area (Å²) in [6.45, 7) is 0. The Balaban J connectivity index is 2.77. The predicted octanol–water partition coefficient (Wildman–Crippen LogP) is 1.96. The standard InChI is InChI=1S/C10H9IN2O2/c1-13-9(11)6-4-3-5-7(8(6)12-13)10(14)15-2/h3-5H,1-2H3. The fourth-order valence-corrected chi connectivity index (χ4v) is 2.00. The summed E-state index contributed by atoms with van der Waals surface area (Å²) in [6.07, 6.45) is 0. The maximum absolute atomic E-state index is 11.5. The summed E-state index contributed by atoms with van der Waals surface area (Å²) >= 11 is 2.20. The first-order valence-corrected chi connectivity index (χ1v) is 5.42. The number of nitrogens with zero attached hydrogens (tertiary/aromatic N) is 2. The van der Waals surface area contributed by atoms with Gasteiger partial charge in [-0.25, -0.2) is 4.79 Å². The summed E-state index contributed by atoms with van der Waals surface area (Å²) < 4.78 is 7.46. The number of halogens is 1. The Morgan fingerprint density at radius 2 is 2.27 bits per heavy atom. The summed E-state index contributed by atoms with van der Waals surface area (Å²) in [6, 6.07) is 5.49. The highest BCUT2D eigenvalue weighted by atomic mass is 127. The number of fused-ring (bicyclic) bond motifs is 1. The van der Waals surface area contributed by atoms with Crippen molar-refractivity contribution in [1.29, 1.82) is 0 Å². The van der Waals surface area contributed by atoms with Gasteiger partial charge in [-0.1, -0.05) is 12.1 Å². The first-order chi connectivity index (χ1) is 7.15. The molecule has 0 aliphatic heterocycles. The third kappa shape index (κ3) is 1.60. The average Bonchev–Trinajstić information content (AvgIpc) is 2.54. The summed E-state index contributed by atoms with van der Waals surface area (Å²) in [5, 5.41) is 5.26. The van der Waals surface area contributed by atoms with E-state index in [0.29, 0.717) is 11.1 Å². The van der Waals surface area contributed by atoms with Gasteiger partial charge in [0, 0.05) is 12.4 Å². The second kappa shape index (κ2) is 3.80. The molecule has 0 amide bonds. The lowest BCUT2D eigenvalue weighted by molar-refractivity contribution is 0.0602. The quantitative estimate of drug-likeness (QED) is 0.597. The summed E-state index contributed by atoms with van der Waals surface area (Å²) in [5.41, 5.74) is 1.20. The van der Waals surface area contributed by atoms with E-state index >= 15 is 0 Å². The van der Waals surface area contributed by atoms with E-state index in [1.807, 2.05) is 19.2 Å². The molecule has 1 heterocycles. The van der Waals surface area contributed by atoms with Crippen LogP contribution in [0.3, 0.4) is 0 Å². The number of rotatable bonds is 1. The molecule has 0 radical (unpaired) electrons. The highest BCUT2D eigenvalue weighted by Crippen LogP contribution is 2.22. The Hall–Kier alpha value is -1.11. The van der Waals surface area contributed by atoms with E-state index in [0.717, 1.165) is 9.09 Å². The summed E-state index contributed by atoms with van der Waals surface area (Å²) in [5.74, 6) is -0.352. The minimum atomic E-state index is -0.352. The molecule has 1 aromatic heterocycles. The first-order valence-electron chi connectivity index (χ1n) is 4.34. The third-order valence-corrected chi connectivity index (χ3v) is 3.48. The number of hydrogen-bond acceptors (Lipinski definition) is 3. The van der Waals surface area contributed by atoms with Gasteiger partial charge in [0.15, 0.2) is 0 Å². The molecule has 15 heavy (non-hydrogen) atoms. The normalized spacial score (nSPS) is 10.6. The number of esters is 1. The molecule has 78 valence electrons. The highest BCUT2D eigenvalue weighted by molar-refractivity contribution is 14.1. The molecule has 0 unspecified atom stereocenters. The number of aryl methyl sites for hydroxylation is 1. The van der Waals surface area contributed by atoms with Gasteiger partial charge < -0.3 is 4.74 Å². The molecular formula is C10H9IN2O2.